The van der Waals surface area contributed by atoms with Gasteiger partial charge in [0.15, 0.2) is 0 Å². The van der Waals surface area contributed by atoms with Crippen molar-refractivity contribution in [2.24, 2.45) is 5.92 Å². The highest BCUT2D eigenvalue weighted by molar-refractivity contribution is 5.84. The Bertz CT molecular complexity index is 962. The lowest BCUT2D eigenvalue weighted by atomic mass is 9.78. The van der Waals surface area contributed by atoms with E-state index in [2.05, 4.69) is 56.3 Å². The van der Waals surface area contributed by atoms with Gasteiger partial charge in [-0.3, -0.25) is 0 Å². The standard InChI is InChI=1S/C29H35F/c1-3-5-23-11-19-28-27(20-23)18-17-26(29(28)30)16-10-22-8-14-25(15-9-22)24-12-6-21(4-2)7-13-24/h8-9,11,14-15,17-21,24H,3-7,10,12-13,16H2,1-2H3. The topological polar surface area (TPSA) is 0 Å². The van der Waals surface area contributed by atoms with Crippen molar-refractivity contribution in [3.05, 3.63) is 82.7 Å². The molecule has 0 amide bonds. The summed E-state index contributed by atoms with van der Waals surface area (Å²) in [6.07, 6.45) is 10.6. The summed E-state index contributed by atoms with van der Waals surface area (Å²) < 4.78 is 15.1. The number of aryl methyl sites for hydroxylation is 3. The highest BCUT2D eigenvalue weighted by Crippen LogP contribution is 2.37. The zero-order valence-electron chi connectivity index (χ0n) is 18.6. The van der Waals surface area contributed by atoms with Crippen LogP contribution in [0.2, 0.25) is 0 Å². The molecule has 1 aliphatic rings. The first-order chi connectivity index (χ1) is 14.7. The van der Waals surface area contributed by atoms with Crippen LogP contribution in [0.4, 0.5) is 4.39 Å². The quantitative estimate of drug-likeness (QED) is 0.372. The second kappa shape index (κ2) is 9.77. The van der Waals surface area contributed by atoms with E-state index in [1.807, 2.05) is 12.1 Å². The molecule has 0 heterocycles. The van der Waals surface area contributed by atoms with Crippen molar-refractivity contribution < 1.29 is 4.39 Å². The zero-order valence-corrected chi connectivity index (χ0v) is 18.6. The van der Waals surface area contributed by atoms with E-state index in [4.69, 9.17) is 0 Å². The highest BCUT2D eigenvalue weighted by atomic mass is 19.1. The molecule has 0 atom stereocenters. The Morgan fingerprint density at radius 1 is 0.767 bits per heavy atom. The van der Waals surface area contributed by atoms with Crippen LogP contribution < -0.4 is 0 Å². The molecule has 0 nitrogen and oxygen atoms in total. The number of fused-ring (bicyclic) bond motifs is 1. The van der Waals surface area contributed by atoms with Crippen molar-refractivity contribution in [3.8, 4) is 0 Å². The molecule has 3 aromatic rings. The highest BCUT2D eigenvalue weighted by Gasteiger charge is 2.21. The second-order valence-corrected chi connectivity index (χ2v) is 9.21. The molecule has 0 radical (unpaired) electrons. The third-order valence-corrected chi connectivity index (χ3v) is 7.20. The van der Waals surface area contributed by atoms with E-state index in [1.165, 1.54) is 48.8 Å². The van der Waals surface area contributed by atoms with Gasteiger partial charge in [0.1, 0.15) is 5.82 Å². The van der Waals surface area contributed by atoms with Gasteiger partial charge in [-0.25, -0.2) is 4.39 Å². The van der Waals surface area contributed by atoms with Gasteiger partial charge in [-0.15, -0.1) is 0 Å². The van der Waals surface area contributed by atoms with Gasteiger partial charge in [0, 0.05) is 5.39 Å². The number of halogens is 1. The minimum Gasteiger partial charge on any atom is -0.206 e. The Morgan fingerprint density at radius 3 is 2.20 bits per heavy atom. The van der Waals surface area contributed by atoms with Gasteiger partial charge >= 0.3 is 0 Å². The molecular weight excluding hydrogens is 367 g/mol. The van der Waals surface area contributed by atoms with Crippen LogP contribution in [0.15, 0.2) is 54.6 Å². The fraction of sp³-hybridized carbons (Fsp3) is 0.448. The molecule has 1 fully saturated rings. The van der Waals surface area contributed by atoms with Crippen molar-refractivity contribution in [2.45, 2.75) is 77.6 Å². The van der Waals surface area contributed by atoms with Crippen LogP contribution in [0.25, 0.3) is 10.8 Å². The third kappa shape index (κ3) is 4.77. The zero-order chi connectivity index (χ0) is 20.9. The lowest BCUT2D eigenvalue weighted by Crippen LogP contribution is -2.12. The first-order valence-electron chi connectivity index (χ1n) is 12.0. The average Bonchev–Trinajstić information content (AvgIpc) is 2.79. The van der Waals surface area contributed by atoms with E-state index >= 15 is 4.39 Å². The van der Waals surface area contributed by atoms with Gasteiger partial charge in [-0.2, -0.15) is 0 Å². The smallest absolute Gasteiger partial charge is 0.134 e. The van der Waals surface area contributed by atoms with Crippen molar-refractivity contribution in [3.63, 3.8) is 0 Å². The largest absolute Gasteiger partial charge is 0.206 e. The van der Waals surface area contributed by atoms with Crippen LogP contribution >= 0.6 is 0 Å². The first-order valence-corrected chi connectivity index (χ1v) is 12.0. The molecule has 0 N–H and O–H groups in total. The van der Waals surface area contributed by atoms with Gasteiger partial charge in [-0.05, 0) is 84.4 Å². The number of benzene rings is 3. The molecule has 1 heteroatoms. The van der Waals surface area contributed by atoms with E-state index in [0.717, 1.165) is 53.9 Å². The summed E-state index contributed by atoms with van der Waals surface area (Å²) in [6.45, 7) is 4.50. The van der Waals surface area contributed by atoms with Gasteiger partial charge in [0.05, 0.1) is 0 Å². The molecule has 0 saturated heterocycles. The maximum atomic E-state index is 15.1. The molecule has 4 rings (SSSR count). The summed E-state index contributed by atoms with van der Waals surface area (Å²) in [5, 5.41) is 1.77. The van der Waals surface area contributed by atoms with E-state index < -0.39 is 0 Å². The Balaban J connectivity index is 1.40. The SMILES string of the molecule is CCCc1ccc2c(F)c(CCc3ccc(C4CCC(CC)CC4)cc3)ccc2c1. The Labute approximate surface area is 181 Å². The first kappa shape index (κ1) is 21.1. The van der Waals surface area contributed by atoms with Crippen LogP contribution in [0.1, 0.15) is 80.5 Å². The number of hydrogen-bond donors (Lipinski definition) is 0. The van der Waals surface area contributed by atoms with Gasteiger partial charge in [0.2, 0.25) is 0 Å². The summed E-state index contributed by atoms with van der Waals surface area (Å²) >= 11 is 0. The van der Waals surface area contributed by atoms with Gasteiger partial charge in [0.25, 0.3) is 0 Å². The van der Waals surface area contributed by atoms with E-state index in [9.17, 15) is 0 Å². The molecular formula is C29H35F. The van der Waals surface area contributed by atoms with E-state index in [1.54, 1.807) is 0 Å². The second-order valence-electron chi connectivity index (χ2n) is 9.21. The lowest BCUT2D eigenvalue weighted by molar-refractivity contribution is 0.319. The summed E-state index contributed by atoms with van der Waals surface area (Å²) in [5.41, 5.74) is 4.92. The summed E-state index contributed by atoms with van der Waals surface area (Å²) in [7, 11) is 0. The average molecular weight is 403 g/mol. The fourth-order valence-electron chi connectivity index (χ4n) is 5.16. The van der Waals surface area contributed by atoms with Crippen LogP contribution in [0.3, 0.4) is 0 Å². The molecule has 1 saturated carbocycles. The Kier molecular flexibility index (Phi) is 6.87. The minimum absolute atomic E-state index is 0.0418. The van der Waals surface area contributed by atoms with E-state index in [0.29, 0.717) is 0 Å². The molecule has 0 aliphatic heterocycles. The van der Waals surface area contributed by atoms with Crippen molar-refractivity contribution in [2.75, 3.05) is 0 Å². The number of hydrogen-bond acceptors (Lipinski definition) is 0. The van der Waals surface area contributed by atoms with E-state index in [-0.39, 0.29) is 5.82 Å². The van der Waals surface area contributed by atoms with Crippen molar-refractivity contribution >= 4 is 10.8 Å². The molecule has 0 unspecified atom stereocenters. The van der Waals surface area contributed by atoms with Crippen molar-refractivity contribution in [1.29, 1.82) is 0 Å². The van der Waals surface area contributed by atoms with Crippen LogP contribution in [-0.2, 0) is 19.3 Å². The monoisotopic (exact) mass is 402 g/mol. The molecule has 30 heavy (non-hydrogen) atoms. The van der Waals surface area contributed by atoms with Crippen LogP contribution in [0, 0.1) is 11.7 Å². The summed E-state index contributed by atoms with van der Waals surface area (Å²) in [5.74, 6) is 1.63. The summed E-state index contributed by atoms with van der Waals surface area (Å²) in [4.78, 5) is 0. The Hall–Kier alpha value is -2.15. The molecule has 1 aliphatic carbocycles. The van der Waals surface area contributed by atoms with Crippen molar-refractivity contribution in [1.82, 2.24) is 0 Å². The molecule has 0 spiro atoms. The predicted molar refractivity (Wildman–Crippen MR) is 127 cm³/mol. The third-order valence-electron chi connectivity index (χ3n) is 7.20. The number of rotatable bonds is 7. The van der Waals surface area contributed by atoms with Crippen LogP contribution in [-0.4, -0.2) is 0 Å². The van der Waals surface area contributed by atoms with Crippen LogP contribution in [0.5, 0.6) is 0 Å². The van der Waals surface area contributed by atoms with Gasteiger partial charge < -0.3 is 0 Å². The molecule has 158 valence electrons. The molecule has 0 aromatic heterocycles. The maximum absolute atomic E-state index is 15.1. The lowest BCUT2D eigenvalue weighted by Gasteiger charge is -2.28. The maximum Gasteiger partial charge on any atom is 0.134 e. The summed E-state index contributed by atoms with van der Waals surface area (Å²) in [6, 6.07) is 19.4. The normalized spacial score (nSPS) is 19.3. The molecule has 0 bridgehead atoms. The fourth-order valence-corrected chi connectivity index (χ4v) is 5.16. The molecule has 3 aromatic carbocycles. The predicted octanol–water partition coefficient (Wildman–Crippen LogP) is 8.40. The minimum atomic E-state index is -0.0418. The van der Waals surface area contributed by atoms with Gasteiger partial charge in [-0.1, -0.05) is 81.3 Å². The Morgan fingerprint density at radius 2 is 1.50 bits per heavy atom.